The van der Waals surface area contributed by atoms with Crippen molar-refractivity contribution in [3.05, 3.63) is 65.2 Å². The van der Waals surface area contributed by atoms with Crippen LogP contribution in [0.3, 0.4) is 0 Å². The van der Waals surface area contributed by atoms with Gasteiger partial charge in [-0.15, -0.1) is 0 Å². The van der Waals surface area contributed by atoms with E-state index < -0.39 is 23.3 Å². The van der Waals surface area contributed by atoms with E-state index in [4.69, 9.17) is 0 Å². The predicted octanol–water partition coefficient (Wildman–Crippen LogP) is 3.86. The van der Waals surface area contributed by atoms with Gasteiger partial charge >= 0.3 is 0 Å². The number of halogens is 4. The molecule has 0 aliphatic heterocycles. The number of nitrogens with one attached hydrogen (secondary N) is 1. The first-order valence-corrected chi connectivity index (χ1v) is 5.18. The Kier molecular flexibility index (Phi) is 3.50. The summed E-state index contributed by atoms with van der Waals surface area (Å²) < 4.78 is 51.9. The fourth-order valence-corrected chi connectivity index (χ4v) is 1.53. The van der Waals surface area contributed by atoms with E-state index >= 15 is 0 Å². The lowest BCUT2D eigenvalue weighted by Gasteiger charge is -2.08. The largest absolute Gasteiger partial charge is 0.381 e. The monoisotopic (exact) mass is 255 g/mol. The summed E-state index contributed by atoms with van der Waals surface area (Å²) >= 11 is 0. The molecule has 5 heteroatoms. The number of hydrogen-bond acceptors (Lipinski definition) is 1. The Morgan fingerprint density at radius 3 is 2.11 bits per heavy atom. The molecule has 0 saturated carbocycles. The highest BCUT2D eigenvalue weighted by molar-refractivity contribution is 5.44. The topological polar surface area (TPSA) is 12.0 Å². The minimum absolute atomic E-state index is 0.0630. The van der Waals surface area contributed by atoms with Crippen molar-refractivity contribution < 1.29 is 17.6 Å². The second-order valence-corrected chi connectivity index (χ2v) is 3.75. The van der Waals surface area contributed by atoms with Gasteiger partial charge in [0.05, 0.1) is 0 Å². The number of hydrogen-bond donors (Lipinski definition) is 1. The molecule has 0 heterocycles. The summed E-state index contributed by atoms with van der Waals surface area (Å²) in [6.45, 7) is -0.0630. The lowest BCUT2D eigenvalue weighted by atomic mass is 10.2. The van der Waals surface area contributed by atoms with Gasteiger partial charge in [-0.1, -0.05) is 0 Å². The van der Waals surface area contributed by atoms with Crippen LogP contribution in [0.5, 0.6) is 0 Å². The van der Waals surface area contributed by atoms with Gasteiger partial charge in [-0.25, -0.2) is 17.6 Å². The van der Waals surface area contributed by atoms with Crippen molar-refractivity contribution in [1.82, 2.24) is 0 Å². The van der Waals surface area contributed by atoms with Crippen molar-refractivity contribution in [2.24, 2.45) is 0 Å². The van der Waals surface area contributed by atoms with Crippen LogP contribution in [0.1, 0.15) is 5.56 Å². The van der Waals surface area contributed by atoms with Gasteiger partial charge in [0.15, 0.2) is 0 Å². The molecule has 0 unspecified atom stereocenters. The molecule has 0 aliphatic carbocycles. The zero-order valence-corrected chi connectivity index (χ0v) is 9.18. The molecule has 2 aromatic carbocycles. The van der Waals surface area contributed by atoms with Gasteiger partial charge in [-0.3, -0.25) is 0 Å². The highest BCUT2D eigenvalue weighted by Crippen LogP contribution is 2.16. The highest BCUT2D eigenvalue weighted by Gasteiger charge is 2.05. The fourth-order valence-electron chi connectivity index (χ4n) is 1.53. The average Bonchev–Trinajstić information content (AvgIpc) is 2.29. The van der Waals surface area contributed by atoms with Crippen LogP contribution in [0.4, 0.5) is 23.2 Å². The fraction of sp³-hybridized carbons (Fsp3) is 0.0769. The van der Waals surface area contributed by atoms with E-state index in [1.54, 1.807) is 0 Å². The molecule has 2 aromatic rings. The Morgan fingerprint density at radius 1 is 0.778 bits per heavy atom. The smallest absolute Gasteiger partial charge is 0.128 e. The second kappa shape index (κ2) is 5.08. The summed E-state index contributed by atoms with van der Waals surface area (Å²) in [5.41, 5.74) is 0.246. The highest BCUT2D eigenvalue weighted by atomic mass is 19.1. The summed E-state index contributed by atoms with van der Waals surface area (Å²) in [4.78, 5) is 0. The molecule has 1 nitrogen and oxygen atoms in total. The molecule has 0 atom stereocenters. The van der Waals surface area contributed by atoms with Crippen LogP contribution in [0.25, 0.3) is 0 Å². The maximum Gasteiger partial charge on any atom is 0.128 e. The molecular weight excluding hydrogens is 246 g/mol. The molecule has 1 N–H and O–H groups in total. The van der Waals surface area contributed by atoms with Crippen molar-refractivity contribution in [3.8, 4) is 0 Å². The Morgan fingerprint density at radius 2 is 1.44 bits per heavy atom. The van der Waals surface area contributed by atoms with Crippen molar-refractivity contribution in [1.29, 1.82) is 0 Å². The summed E-state index contributed by atoms with van der Waals surface area (Å²) in [7, 11) is 0. The van der Waals surface area contributed by atoms with Crippen LogP contribution < -0.4 is 5.32 Å². The number of benzene rings is 2. The Hall–Kier alpha value is -2.04. The summed E-state index contributed by atoms with van der Waals surface area (Å²) in [6.07, 6.45) is 0. The minimum atomic E-state index is -0.739. The Labute approximate surface area is 101 Å². The second-order valence-electron chi connectivity index (χ2n) is 3.75. The SMILES string of the molecule is Fc1cc(F)cc(NCc2cc(F)ccc2F)c1. The lowest BCUT2D eigenvalue weighted by molar-refractivity contribution is 0.582. The first-order valence-electron chi connectivity index (χ1n) is 5.18. The molecule has 0 fully saturated rings. The molecule has 94 valence electrons. The maximum absolute atomic E-state index is 13.3. The average molecular weight is 255 g/mol. The predicted molar refractivity (Wildman–Crippen MR) is 60.0 cm³/mol. The van der Waals surface area contributed by atoms with E-state index in [2.05, 4.69) is 5.32 Å². The van der Waals surface area contributed by atoms with Crippen molar-refractivity contribution in [2.75, 3.05) is 5.32 Å². The van der Waals surface area contributed by atoms with Crippen molar-refractivity contribution in [2.45, 2.75) is 6.54 Å². The summed E-state index contributed by atoms with van der Waals surface area (Å²) in [6, 6.07) is 5.89. The molecule has 0 radical (unpaired) electrons. The Balaban J connectivity index is 2.13. The van der Waals surface area contributed by atoms with E-state index in [0.29, 0.717) is 0 Å². The van der Waals surface area contributed by atoms with Gasteiger partial charge in [0.1, 0.15) is 23.3 Å². The summed E-state index contributed by atoms with van der Waals surface area (Å²) in [5.74, 6) is -2.63. The van der Waals surface area contributed by atoms with Crippen LogP contribution in [0, 0.1) is 23.3 Å². The third-order valence-electron chi connectivity index (χ3n) is 2.35. The number of anilines is 1. The normalized spacial score (nSPS) is 10.4. The molecule has 0 aromatic heterocycles. The van der Waals surface area contributed by atoms with Gasteiger partial charge in [0, 0.05) is 23.9 Å². The van der Waals surface area contributed by atoms with E-state index in [1.165, 1.54) is 0 Å². The first kappa shape index (κ1) is 12.4. The van der Waals surface area contributed by atoms with Crippen LogP contribution in [0.2, 0.25) is 0 Å². The van der Waals surface area contributed by atoms with Crippen LogP contribution in [-0.4, -0.2) is 0 Å². The maximum atomic E-state index is 13.3. The lowest BCUT2D eigenvalue weighted by Crippen LogP contribution is -2.03. The molecule has 0 bridgehead atoms. The zero-order chi connectivity index (χ0) is 13.1. The molecule has 0 saturated heterocycles. The van der Waals surface area contributed by atoms with Gasteiger partial charge < -0.3 is 5.32 Å². The van der Waals surface area contributed by atoms with E-state index in [9.17, 15) is 17.6 Å². The first-order chi connectivity index (χ1) is 8.54. The molecular formula is C13H9F4N. The van der Waals surface area contributed by atoms with Crippen LogP contribution >= 0.6 is 0 Å². The van der Waals surface area contributed by atoms with Crippen LogP contribution in [0.15, 0.2) is 36.4 Å². The molecule has 0 aliphatic rings. The van der Waals surface area contributed by atoms with Gasteiger partial charge in [-0.2, -0.15) is 0 Å². The van der Waals surface area contributed by atoms with Crippen molar-refractivity contribution in [3.63, 3.8) is 0 Å². The van der Waals surface area contributed by atoms with Gasteiger partial charge in [0.2, 0.25) is 0 Å². The number of rotatable bonds is 3. The van der Waals surface area contributed by atoms with Gasteiger partial charge in [-0.05, 0) is 30.3 Å². The molecule has 2 rings (SSSR count). The van der Waals surface area contributed by atoms with Crippen LogP contribution in [-0.2, 0) is 6.54 Å². The summed E-state index contributed by atoms with van der Waals surface area (Å²) in [5, 5.41) is 2.62. The standard InChI is InChI=1S/C13H9F4N/c14-9-1-2-13(17)8(3-9)7-18-12-5-10(15)4-11(16)6-12/h1-6,18H,7H2. The van der Waals surface area contributed by atoms with Crippen molar-refractivity contribution >= 4 is 5.69 Å². The molecule has 0 spiro atoms. The van der Waals surface area contributed by atoms with E-state index in [-0.39, 0.29) is 17.8 Å². The zero-order valence-electron chi connectivity index (χ0n) is 9.18. The molecule has 0 amide bonds. The third-order valence-corrected chi connectivity index (χ3v) is 2.35. The molecule has 18 heavy (non-hydrogen) atoms. The van der Waals surface area contributed by atoms with E-state index in [1.807, 2.05) is 0 Å². The minimum Gasteiger partial charge on any atom is -0.381 e. The third kappa shape index (κ3) is 3.00. The quantitative estimate of drug-likeness (QED) is 0.821. The van der Waals surface area contributed by atoms with Gasteiger partial charge in [0.25, 0.3) is 0 Å². The Bertz CT molecular complexity index is 549. The van der Waals surface area contributed by atoms with E-state index in [0.717, 1.165) is 36.4 Å².